The molecule has 0 radical (unpaired) electrons. The van der Waals surface area contributed by atoms with Crippen LogP contribution in [0.4, 0.5) is 4.39 Å². The Bertz CT molecular complexity index is 387. The molecule has 0 atom stereocenters. The molecule has 0 bridgehead atoms. The summed E-state index contributed by atoms with van der Waals surface area (Å²) in [6.07, 6.45) is 0.968. The van der Waals surface area contributed by atoms with Crippen molar-refractivity contribution in [3.8, 4) is 0 Å². The Kier molecular flexibility index (Phi) is 1.39. The van der Waals surface area contributed by atoms with Crippen molar-refractivity contribution in [1.82, 2.24) is 0 Å². The molecular weight excluding hydrogens is 153 g/mol. The molecule has 1 aromatic carbocycles. The van der Waals surface area contributed by atoms with E-state index >= 15 is 0 Å². The SMILES string of the molecule is [2H]C1([2H])CCC(c2cccc(F)c2)=N1. The average Bonchev–Trinajstić information content (AvgIpc) is 2.46. The molecule has 0 saturated heterocycles. The smallest absolute Gasteiger partial charge is 0.123 e. The van der Waals surface area contributed by atoms with Crippen molar-refractivity contribution >= 4 is 5.71 Å². The van der Waals surface area contributed by atoms with Crippen LogP contribution in [-0.2, 0) is 0 Å². The maximum Gasteiger partial charge on any atom is 0.123 e. The monoisotopic (exact) mass is 165 g/mol. The van der Waals surface area contributed by atoms with Crippen LogP contribution in [0.25, 0.3) is 0 Å². The van der Waals surface area contributed by atoms with Crippen LogP contribution in [0, 0.1) is 5.82 Å². The average molecular weight is 165 g/mol. The Labute approximate surface area is 73.8 Å². The van der Waals surface area contributed by atoms with Gasteiger partial charge in [0.1, 0.15) is 5.82 Å². The lowest BCUT2D eigenvalue weighted by molar-refractivity contribution is 0.627. The number of hydrogen-bond donors (Lipinski definition) is 0. The molecule has 62 valence electrons. The van der Waals surface area contributed by atoms with Crippen molar-refractivity contribution in [3.05, 3.63) is 35.6 Å². The van der Waals surface area contributed by atoms with Gasteiger partial charge in [-0.1, -0.05) is 12.1 Å². The number of rotatable bonds is 1. The van der Waals surface area contributed by atoms with Crippen molar-refractivity contribution in [3.63, 3.8) is 0 Å². The van der Waals surface area contributed by atoms with Crippen LogP contribution in [0.15, 0.2) is 29.3 Å². The van der Waals surface area contributed by atoms with E-state index in [4.69, 9.17) is 2.74 Å². The second-order valence-electron chi connectivity index (χ2n) is 2.73. The number of nitrogens with zero attached hydrogens (tertiary/aromatic N) is 1. The lowest BCUT2D eigenvalue weighted by Crippen LogP contribution is -1.95. The first-order chi connectivity index (χ1) is 6.57. The zero-order chi connectivity index (χ0) is 10.2. The van der Waals surface area contributed by atoms with Crippen LogP contribution in [-0.4, -0.2) is 12.2 Å². The fourth-order valence-electron chi connectivity index (χ4n) is 1.26. The number of benzene rings is 1. The summed E-state index contributed by atoms with van der Waals surface area (Å²) >= 11 is 0. The van der Waals surface area contributed by atoms with Crippen molar-refractivity contribution in [1.29, 1.82) is 0 Å². The molecule has 0 aliphatic carbocycles. The topological polar surface area (TPSA) is 12.4 Å². The lowest BCUT2D eigenvalue weighted by atomic mass is 10.1. The fraction of sp³-hybridized carbons (Fsp3) is 0.300. The standard InChI is InChI=1S/C10H10FN/c11-9-4-1-3-8(7-9)10-5-2-6-12-10/h1,3-4,7H,2,5-6H2/i6D2. The third-order valence-corrected chi connectivity index (χ3v) is 1.85. The maximum absolute atomic E-state index is 12.9. The second-order valence-corrected chi connectivity index (χ2v) is 2.73. The Morgan fingerprint density at radius 1 is 1.50 bits per heavy atom. The van der Waals surface area contributed by atoms with E-state index in [-0.39, 0.29) is 5.82 Å². The minimum Gasteiger partial charge on any atom is -0.289 e. The first-order valence-electron chi connectivity index (χ1n) is 4.91. The summed E-state index contributed by atoms with van der Waals surface area (Å²) in [5.74, 6) is -0.308. The Balaban J connectivity index is 2.33. The summed E-state index contributed by atoms with van der Waals surface area (Å²) in [6.45, 7) is -1.47. The molecule has 0 unspecified atom stereocenters. The van der Waals surface area contributed by atoms with Crippen LogP contribution in [0.3, 0.4) is 0 Å². The van der Waals surface area contributed by atoms with E-state index in [1.165, 1.54) is 12.1 Å². The van der Waals surface area contributed by atoms with E-state index in [0.29, 0.717) is 24.1 Å². The third kappa shape index (κ3) is 1.37. The normalized spacial score (nSPS) is 22.9. The van der Waals surface area contributed by atoms with Crippen LogP contribution < -0.4 is 0 Å². The maximum atomic E-state index is 12.9. The van der Waals surface area contributed by atoms with E-state index in [9.17, 15) is 4.39 Å². The molecule has 2 heteroatoms. The van der Waals surface area contributed by atoms with Crippen LogP contribution >= 0.6 is 0 Å². The molecule has 12 heavy (non-hydrogen) atoms. The Hall–Kier alpha value is -1.18. The Morgan fingerprint density at radius 3 is 3.08 bits per heavy atom. The van der Waals surface area contributed by atoms with E-state index in [1.54, 1.807) is 12.1 Å². The van der Waals surface area contributed by atoms with Gasteiger partial charge in [-0.15, -0.1) is 0 Å². The highest BCUT2D eigenvalue weighted by molar-refractivity contribution is 6.01. The molecule has 1 aliphatic rings. The minimum atomic E-state index is -1.47. The van der Waals surface area contributed by atoms with Crippen molar-refractivity contribution in [2.24, 2.45) is 4.99 Å². The van der Waals surface area contributed by atoms with Gasteiger partial charge in [-0.3, -0.25) is 4.99 Å². The Morgan fingerprint density at radius 2 is 2.42 bits per heavy atom. The third-order valence-electron chi connectivity index (χ3n) is 1.85. The van der Waals surface area contributed by atoms with Crippen molar-refractivity contribution in [2.75, 3.05) is 6.50 Å². The van der Waals surface area contributed by atoms with Crippen molar-refractivity contribution < 1.29 is 7.13 Å². The van der Waals surface area contributed by atoms with Gasteiger partial charge in [-0.05, 0) is 30.5 Å². The zero-order valence-corrected chi connectivity index (χ0v) is 6.55. The van der Waals surface area contributed by atoms with Gasteiger partial charge < -0.3 is 0 Å². The summed E-state index contributed by atoms with van der Waals surface area (Å²) in [4.78, 5) is 3.92. The van der Waals surface area contributed by atoms with E-state index in [1.807, 2.05) is 0 Å². The summed E-state index contributed by atoms with van der Waals surface area (Å²) in [6, 6.07) is 6.12. The molecule has 0 aromatic heterocycles. The van der Waals surface area contributed by atoms with Gasteiger partial charge in [-0.25, -0.2) is 4.39 Å². The van der Waals surface area contributed by atoms with Gasteiger partial charge in [0.2, 0.25) is 0 Å². The van der Waals surface area contributed by atoms with Gasteiger partial charge >= 0.3 is 0 Å². The first kappa shape index (κ1) is 5.46. The first-order valence-corrected chi connectivity index (χ1v) is 3.91. The second kappa shape index (κ2) is 3.05. The molecule has 1 heterocycles. The molecule has 0 amide bonds. The molecule has 2 rings (SSSR count). The van der Waals surface area contributed by atoms with Gasteiger partial charge in [-0.2, -0.15) is 0 Å². The largest absolute Gasteiger partial charge is 0.289 e. The molecule has 0 N–H and O–H groups in total. The van der Waals surface area contributed by atoms with Gasteiger partial charge in [0.25, 0.3) is 0 Å². The number of halogens is 1. The number of aliphatic imine (C=N–C) groups is 1. The predicted octanol–water partition coefficient (Wildman–Crippen LogP) is 2.41. The molecule has 0 spiro atoms. The van der Waals surface area contributed by atoms with Crippen LogP contribution in [0.2, 0.25) is 0 Å². The number of hydrogen-bond acceptors (Lipinski definition) is 1. The highest BCUT2D eigenvalue weighted by atomic mass is 19.1. The minimum absolute atomic E-state index is 0.308. The highest BCUT2D eigenvalue weighted by Crippen LogP contribution is 2.13. The van der Waals surface area contributed by atoms with E-state index in [0.717, 1.165) is 0 Å². The van der Waals surface area contributed by atoms with E-state index in [2.05, 4.69) is 4.99 Å². The lowest BCUT2D eigenvalue weighted by Gasteiger charge is -1.98. The fourth-order valence-corrected chi connectivity index (χ4v) is 1.26. The van der Waals surface area contributed by atoms with Crippen LogP contribution in [0.1, 0.15) is 21.1 Å². The molecule has 1 nitrogen and oxygen atoms in total. The van der Waals surface area contributed by atoms with Crippen LogP contribution in [0.5, 0.6) is 0 Å². The van der Waals surface area contributed by atoms with Gasteiger partial charge in [0.05, 0.1) is 2.74 Å². The quantitative estimate of drug-likeness (QED) is 0.606. The highest BCUT2D eigenvalue weighted by Gasteiger charge is 2.08. The molecular formula is C10H10FN. The summed E-state index contributed by atoms with van der Waals surface area (Å²) in [7, 11) is 0. The summed E-state index contributed by atoms with van der Waals surface area (Å²) < 4.78 is 27.7. The summed E-state index contributed by atoms with van der Waals surface area (Å²) in [5, 5.41) is 0. The molecule has 1 aliphatic heterocycles. The summed E-state index contributed by atoms with van der Waals surface area (Å²) in [5.41, 5.74) is 1.35. The van der Waals surface area contributed by atoms with E-state index < -0.39 is 6.50 Å². The molecule has 1 aromatic rings. The van der Waals surface area contributed by atoms with Gasteiger partial charge in [0.15, 0.2) is 0 Å². The molecule has 0 saturated carbocycles. The molecule has 0 fully saturated rings. The van der Waals surface area contributed by atoms with Crippen molar-refractivity contribution in [2.45, 2.75) is 12.8 Å². The van der Waals surface area contributed by atoms with Gasteiger partial charge in [0, 0.05) is 12.2 Å². The zero-order valence-electron chi connectivity index (χ0n) is 8.55. The predicted molar refractivity (Wildman–Crippen MR) is 47.0 cm³/mol.